The number of amides is 1. The molecule has 1 aliphatic rings. The number of hydrogen-bond acceptors (Lipinski definition) is 3. The van der Waals surface area contributed by atoms with Crippen LogP contribution in [-0.2, 0) is 16.0 Å². The van der Waals surface area contributed by atoms with Crippen molar-refractivity contribution in [2.75, 3.05) is 18.9 Å². The van der Waals surface area contributed by atoms with Crippen LogP contribution in [0.5, 0.6) is 0 Å². The largest absolute Gasteiger partial charge is 0.398 e. The first-order valence-corrected chi connectivity index (χ1v) is 6.92. The molecule has 0 aliphatic carbocycles. The summed E-state index contributed by atoms with van der Waals surface area (Å²) in [5.74, 6) is 0.474. The van der Waals surface area contributed by atoms with E-state index < -0.39 is 0 Å². The van der Waals surface area contributed by atoms with Crippen molar-refractivity contribution in [1.82, 2.24) is 5.32 Å². The smallest absolute Gasteiger partial charge is 0.224 e. The standard InChI is InChI=1S/C15H22N2O2/c1-2-14-12(7-8-19-14)10-17-15(18)9-11-5-3-4-6-13(11)16/h3-6,12,14H,2,7-10,16H2,1H3,(H,17,18). The van der Waals surface area contributed by atoms with Crippen molar-refractivity contribution in [2.24, 2.45) is 5.92 Å². The van der Waals surface area contributed by atoms with Crippen molar-refractivity contribution in [3.8, 4) is 0 Å². The van der Waals surface area contributed by atoms with E-state index in [0.29, 0.717) is 30.7 Å². The number of nitrogens with two attached hydrogens (primary N) is 1. The summed E-state index contributed by atoms with van der Waals surface area (Å²) in [5.41, 5.74) is 7.39. The molecule has 1 fully saturated rings. The molecule has 1 heterocycles. The number of rotatable bonds is 5. The van der Waals surface area contributed by atoms with Gasteiger partial charge in [-0.2, -0.15) is 0 Å². The minimum atomic E-state index is 0.0275. The van der Waals surface area contributed by atoms with Crippen LogP contribution in [-0.4, -0.2) is 25.2 Å². The Kier molecular flexibility index (Phi) is 4.80. The van der Waals surface area contributed by atoms with E-state index in [4.69, 9.17) is 10.5 Å². The number of nitrogen functional groups attached to an aromatic ring is 1. The molecule has 1 aromatic rings. The molecule has 0 aromatic heterocycles. The highest BCUT2D eigenvalue weighted by molar-refractivity contribution is 5.80. The van der Waals surface area contributed by atoms with Gasteiger partial charge in [-0.05, 0) is 24.5 Å². The van der Waals surface area contributed by atoms with Crippen molar-refractivity contribution >= 4 is 11.6 Å². The van der Waals surface area contributed by atoms with E-state index in [1.165, 1.54) is 0 Å². The van der Waals surface area contributed by atoms with Gasteiger partial charge in [-0.25, -0.2) is 0 Å². The predicted molar refractivity (Wildman–Crippen MR) is 75.7 cm³/mol. The Labute approximate surface area is 114 Å². The van der Waals surface area contributed by atoms with Gasteiger partial charge in [0.15, 0.2) is 0 Å². The number of benzene rings is 1. The average Bonchev–Trinajstić information content (AvgIpc) is 2.86. The number of carbonyl (C=O) groups is 1. The predicted octanol–water partition coefficient (Wildman–Crippen LogP) is 1.74. The van der Waals surface area contributed by atoms with Crippen molar-refractivity contribution in [3.05, 3.63) is 29.8 Å². The summed E-state index contributed by atoms with van der Waals surface area (Å²) in [6.07, 6.45) is 2.68. The van der Waals surface area contributed by atoms with E-state index in [1.54, 1.807) is 0 Å². The molecule has 1 aromatic carbocycles. The second-order valence-corrected chi connectivity index (χ2v) is 5.05. The fraction of sp³-hybridized carbons (Fsp3) is 0.533. The number of nitrogens with one attached hydrogen (secondary N) is 1. The first-order chi connectivity index (χ1) is 9.20. The lowest BCUT2D eigenvalue weighted by atomic mass is 9.99. The Hall–Kier alpha value is -1.55. The molecule has 0 spiro atoms. The van der Waals surface area contributed by atoms with E-state index >= 15 is 0 Å². The lowest BCUT2D eigenvalue weighted by Gasteiger charge is -2.17. The van der Waals surface area contributed by atoms with Crippen LogP contribution in [0.2, 0.25) is 0 Å². The Morgan fingerprint density at radius 3 is 3.00 bits per heavy atom. The number of carbonyl (C=O) groups excluding carboxylic acids is 1. The van der Waals surface area contributed by atoms with E-state index in [9.17, 15) is 4.79 Å². The van der Waals surface area contributed by atoms with Crippen molar-refractivity contribution in [3.63, 3.8) is 0 Å². The molecule has 1 aliphatic heterocycles. The summed E-state index contributed by atoms with van der Waals surface area (Å²) < 4.78 is 5.61. The molecule has 2 rings (SSSR count). The Balaban J connectivity index is 1.80. The van der Waals surface area contributed by atoms with Crippen LogP contribution in [0.15, 0.2) is 24.3 Å². The molecule has 1 amide bonds. The minimum absolute atomic E-state index is 0.0275. The van der Waals surface area contributed by atoms with Gasteiger partial charge in [0.2, 0.25) is 5.91 Å². The maximum Gasteiger partial charge on any atom is 0.224 e. The molecule has 0 radical (unpaired) electrons. The van der Waals surface area contributed by atoms with Crippen molar-refractivity contribution in [1.29, 1.82) is 0 Å². The first kappa shape index (κ1) is 13.9. The zero-order valence-corrected chi connectivity index (χ0v) is 11.4. The normalized spacial score (nSPS) is 22.4. The van der Waals surface area contributed by atoms with Crippen LogP contribution in [0.25, 0.3) is 0 Å². The van der Waals surface area contributed by atoms with Crippen LogP contribution >= 0.6 is 0 Å². The quantitative estimate of drug-likeness (QED) is 0.794. The number of ether oxygens (including phenoxy) is 1. The van der Waals surface area contributed by atoms with Gasteiger partial charge in [0, 0.05) is 24.8 Å². The summed E-state index contributed by atoms with van der Waals surface area (Å²) in [5, 5.41) is 2.99. The Bertz CT molecular complexity index is 434. The van der Waals surface area contributed by atoms with Gasteiger partial charge in [-0.1, -0.05) is 25.1 Å². The van der Waals surface area contributed by atoms with Crippen LogP contribution in [0, 0.1) is 5.92 Å². The van der Waals surface area contributed by atoms with E-state index in [1.807, 2.05) is 24.3 Å². The summed E-state index contributed by atoms with van der Waals surface area (Å²) in [7, 11) is 0. The van der Waals surface area contributed by atoms with E-state index in [2.05, 4.69) is 12.2 Å². The summed E-state index contributed by atoms with van der Waals surface area (Å²) in [4.78, 5) is 11.9. The second-order valence-electron chi connectivity index (χ2n) is 5.05. The van der Waals surface area contributed by atoms with Gasteiger partial charge in [-0.15, -0.1) is 0 Å². The number of para-hydroxylation sites is 1. The summed E-state index contributed by atoms with van der Waals surface area (Å²) >= 11 is 0. The van der Waals surface area contributed by atoms with Gasteiger partial charge in [0.05, 0.1) is 12.5 Å². The Morgan fingerprint density at radius 1 is 1.47 bits per heavy atom. The molecule has 2 atom stereocenters. The molecule has 0 bridgehead atoms. The van der Waals surface area contributed by atoms with Crippen LogP contribution in [0.1, 0.15) is 25.3 Å². The Morgan fingerprint density at radius 2 is 2.26 bits per heavy atom. The van der Waals surface area contributed by atoms with Crippen LogP contribution in [0.4, 0.5) is 5.69 Å². The minimum Gasteiger partial charge on any atom is -0.398 e. The lowest BCUT2D eigenvalue weighted by Crippen LogP contribution is -2.33. The number of hydrogen-bond donors (Lipinski definition) is 2. The zero-order valence-electron chi connectivity index (χ0n) is 11.4. The van der Waals surface area contributed by atoms with Gasteiger partial charge in [0.1, 0.15) is 0 Å². The molecule has 19 heavy (non-hydrogen) atoms. The molecule has 3 N–H and O–H groups in total. The molecule has 1 saturated heterocycles. The maximum absolute atomic E-state index is 11.9. The van der Waals surface area contributed by atoms with E-state index in [-0.39, 0.29) is 5.91 Å². The average molecular weight is 262 g/mol. The molecular weight excluding hydrogens is 240 g/mol. The summed E-state index contributed by atoms with van der Waals surface area (Å²) in [6.45, 7) is 3.63. The van der Waals surface area contributed by atoms with Crippen LogP contribution < -0.4 is 11.1 Å². The van der Waals surface area contributed by atoms with Crippen molar-refractivity contribution < 1.29 is 9.53 Å². The topological polar surface area (TPSA) is 64.3 Å². The fourth-order valence-corrected chi connectivity index (χ4v) is 2.55. The maximum atomic E-state index is 11.9. The molecule has 2 unspecified atom stereocenters. The lowest BCUT2D eigenvalue weighted by molar-refractivity contribution is -0.120. The molecule has 4 heteroatoms. The van der Waals surface area contributed by atoms with Gasteiger partial charge >= 0.3 is 0 Å². The summed E-state index contributed by atoms with van der Waals surface area (Å²) in [6, 6.07) is 7.48. The monoisotopic (exact) mass is 262 g/mol. The molecule has 4 nitrogen and oxygen atoms in total. The third-order valence-corrected chi connectivity index (χ3v) is 3.72. The second kappa shape index (κ2) is 6.57. The van der Waals surface area contributed by atoms with Gasteiger partial charge in [0.25, 0.3) is 0 Å². The van der Waals surface area contributed by atoms with Crippen LogP contribution in [0.3, 0.4) is 0 Å². The first-order valence-electron chi connectivity index (χ1n) is 6.92. The highest BCUT2D eigenvalue weighted by Gasteiger charge is 2.26. The van der Waals surface area contributed by atoms with Gasteiger partial charge in [-0.3, -0.25) is 4.79 Å². The SMILES string of the molecule is CCC1OCCC1CNC(=O)Cc1ccccc1N. The molecule has 0 saturated carbocycles. The number of anilines is 1. The molecular formula is C15H22N2O2. The fourth-order valence-electron chi connectivity index (χ4n) is 2.55. The third-order valence-electron chi connectivity index (χ3n) is 3.72. The highest BCUT2D eigenvalue weighted by atomic mass is 16.5. The zero-order chi connectivity index (χ0) is 13.7. The molecule has 104 valence electrons. The van der Waals surface area contributed by atoms with E-state index in [0.717, 1.165) is 25.0 Å². The van der Waals surface area contributed by atoms with Crippen molar-refractivity contribution in [2.45, 2.75) is 32.3 Å². The van der Waals surface area contributed by atoms with Gasteiger partial charge < -0.3 is 15.8 Å². The third kappa shape index (κ3) is 3.70. The highest BCUT2D eigenvalue weighted by Crippen LogP contribution is 2.22.